The van der Waals surface area contributed by atoms with Gasteiger partial charge in [-0.3, -0.25) is 4.99 Å². The molecule has 0 amide bonds. The Bertz CT molecular complexity index is 731. The van der Waals surface area contributed by atoms with Crippen LogP contribution in [0.15, 0.2) is 29.3 Å². The van der Waals surface area contributed by atoms with Crippen molar-refractivity contribution in [1.82, 2.24) is 14.9 Å². The second kappa shape index (κ2) is 9.92. The van der Waals surface area contributed by atoms with Crippen molar-refractivity contribution in [1.29, 1.82) is 0 Å². The zero-order valence-corrected chi connectivity index (χ0v) is 18.2. The smallest absolute Gasteiger partial charge is 0.354 e. The topological polar surface area (TPSA) is 73.8 Å². The minimum absolute atomic E-state index is 0. The first-order valence-corrected chi connectivity index (χ1v) is 9.66. The number of aliphatic imine (C=N–C) groups is 1. The van der Waals surface area contributed by atoms with Crippen LogP contribution in [0, 0.1) is 6.92 Å². The van der Waals surface area contributed by atoms with E-state index in [-0.39, 0.29) is 55.9 Å². The van der Waals surface area contributed by atoms with Gasteiger partial charge >= 0.3 is 15.5 Å². The predicted molar refractivity (Wildman–Crippen MR) is 109 cm³/mol. The highest BCUT2D eigenvalue weighted by Gasteiger charge is 2.50. The maximum Gasteiger partial charge on any atom is 0.511 e. The molecule has 2 rings (SSSR count). The normalized spacial score (nSPS) is 17.3. The molecule has 0 unspecified atom stereocenters. The fraction of sp³-hybridized carbons (Fsp3) is 0.562. The average molecular weight is 520 g/mol. The van der Waals surface area contributed by atoms with Gasteiger partial charge in [0.15, 0.2) is 5.96 Å². The van der Waals surface area contributed by atoms with E-state index in [1.807, 2.05) is 31.2 Å². The highest BCUT2D eigenvalue weighted by molar-refractivity contribution is 14.0. The molecule has 154 valence electrons. The number of nitrogens with one attached hydrogen (secondary N) is 2. The molecule has 11 heteroatoms. The van der Waals surface area contributed by atoms with Crippen LogP contribution in [-0.2, 0) is 16.6 Å². The number of aryl methyl sites for hydroxylation is 1. The van der Waals surface area contributed by atoms with Crippen molar-refractivity contribution < 1.29 is 21.6 Å². The standard InChI is InChI=1S/C16H23F3N4O2S.HI/c1-12-3-5-13(6-4-12)11-21-15(20-2)22-14-7-9-23(10-8-14)26(24,25)16(17,18)19;/h3-6,14H,7-11H2,1-2H3,(H2,20,21,22);1H. The molecule has 0 aliphatic carbocycles. The highest BCUT2D eigenvalue weighted by atomic mass is 127. The van der Waals surface area contributed by atoms with Gasteiger partial charge in [0.25, 0.3) is 0 Å². The number of nitrogens with zero attached hydrogens (tertiary/aromatic N) is 2. The molecule has 1 heterocycles. The summed E-state index contributed by atoms with van der Waals surface area (Å²) >= 11 is 0. The van der Waals surface area contributed by atoms with Crippen molar-refractivity contribution in [2.75, 3.05) is 20.1 Å². The van der Waals surface area contributed by atoms with E-state index in [0.717, 1.165) is 11.1 Å². The molecule has 1 fully saturated rings. The van der Waals surface area contributed by atoms with E-state index in [1.54, 1.807) is 7.05 Å². The Kier molecular flexibility index (Phi) is 8.80. The summed E-state index contributed by atoms with van der Waals surface area (Å²) < 4.78 is 61.1. The molecule has 1 aliphatic rings. The Morgan fingerprint density at radius 1 is 1.22 bits per heavy atom. The lowest BCUT2D eigenvalue weighted by Gasteiger charge is -2.32. The van der Waals surface area contributed by atoms with E-state index in [2.05, 4.69) is 15.6 Å². The van der Waals surface area contributed by atoms with E-state index in [9.17, 15) is 21.6 Å². The Morgan fingerprint density at radius 2 is 1.78 bits per heavy atom. The van der Waals surface area contributed by atoms with Crippen LogP contribution in [0.2, 0.25) is 0 Å². The van der Waals surface area contributed by atoms with Gasteiger partial charge in [-0.05, 0) is 25.3 Å². The zero-order chi connectivity index (χ0) is 19.4. The molecule has 0 radical (unpaired) electrons. The summed E-state index contributed by atoms with van der Waals surface area (Å²) in [6.45, 7) is 2.22. The molecule has 1 aliphatic heterocycles. The number of halogens is 4. The van der Waals surface area contributed by atoms with E-state index in [0.29, 0.717) is 16.8 Å². The summed E-state index contributed by atoms with van der Waals surface area (Å²) in [5.74, 6) is 0.530. The first-order valence-electron chi connectivity index (χ1n) is 8.22. The number of hydrogen-bond donors (Lipinski definition) is 2. The van der Waals surface area contributed by atoms with E-state index in [1.165, 1.54) is 0 Å². The molecule has 6 nitrogen and oxygen atoms in total. The van der Waals surface area contributed by atoms with Gasteiger partial charge in [0.2, 0.25) is 0 Å². The second-order valence-corrected chi connectivity index (χ2v) is 8.11. The fourth-order valence-corrected chi connectivity index (χ4v) is 3.65. The van der Waals surface area contributed by atoms with Crippen molar-refractivity contribution in [3.8, 4) is 0 Å². The van der Waals surface area contributed by atoms with Crippen molar-refractivity contribution >= 4 is 40.0 Å². The molecule has 1 aromatic rings. The van der Waals surface area contributed by atoms with Crippen molar-refractivity contribution in [3.63, 3.8) is 0 Å². The van der Waals surface area contributed by atoms with E-state index >= 15 is 0 Å². The Morgan fingerprint density at radius 3 is 2.26 bits per heavy atom. The van der Waals surface area contributed by atoms with Gasteiger partial charge in [0.05, 0.1) is 0 Å². The Hall–Kier alpha value is -1.08. The second-order valence-electron chi connectivity index (χ2n) is 6.18. The summed E-state index contributed by atoms with van der Waals surface area (Å²) in [5, 5.41) is 6.28. The molecule has 0 bridgehead atoms. The number of sulfonamides is 1. The number of rotatable bonds is 4. The summed E-state index contributed by atoms with van der Waals surface area (Å²) in [7, 11) is -3.64. The molecule has 2 N–H and O–H groups in total. The van der Waals surface area contributed by atoms with Gasteiger partial charge < -0.3 is 10.6 Å². The number of guanidine groups is 1. The minimum Gasteiger partial charge on any atom is -0.354 e. The SMILES string of the molecule is CN=C(NCc1ccc(C)cc1)NC1CCN(S(=O)(=O)C(F)(F)F)CC1.I. The Balaban J connectivity index is 0.00000364. The number of hydrogen-bond acceptors (Lipinski definition) is 3. The first kappa shape index (κ1) is 24.0. The quantitative estimate of drug-likeness (QED) is 0.364. The summed E-state index contributed by atoms with van der Waals surface area (Å²) in [6.07, 6.45) is 0.557. The van der Waals surface area contributed by atoms with Gasteiger partial charge in [0, 0.05) is 32.7 Å². The van der Waals surface area contributed by atoms with Crippen molar-refractivity contribution in [2.45, 2.75) is 37.9 Å². The Labute approximate surface area is 174 Å². The molecule has 0 aromatic heterocycles. The third kappa shape index (κ3) is 6.49. The van der Waals surface area contributed by atoms with Crippen LogP contribution in [0.4, 0.5) is 13.2 Å². The first-order chi connectivity index (χ1) is 12.1. The minimum atomic E-state index is -5.25. The molecule has 1 saturated heterocycles. The molecule has 0 spiro atoms. The van der Waals surface area contributed by atoms with Crippen molar-refractivity contribution in [2.24, 2.45) is 4.99 Å². The number of piperidine rings is 1. The third-order valence-corrected chi connectivity index (χ3v) is 5.86. The van der Waals surface area contributed by atoms with E-state index < -0.39 is 15.5 Å². The molecule has 0 atom stereocenters. The maximum absolute atomic E-state index is 12.6. The van der Waals surface area contributed by atoms with Crippen LogP contribution in [0.3, 0.4) is 0 Å². The van der Waals surface area contributed by atoms with Crippen molar-refractivity contribution in [3.05, 3.63) is 35.4 Å². The summed E-state index contributed by atoms with van der Waals surface area (Å²) in [6, 6.07) is 7.86. The molecule has 27 heavy (non-hydrogen) atoms. The van der Waals surface area contributed by atoms with Crippen LogP contribution in [0.25, 0.3) is 0 Å². The average Bonchev–Trinajstić information content (AvgIpc) is 2.59. The van der Waals surface area contributed by atoms with Gasteiger partial charge in [-0.15, -0.1) is 24.0 Å². The largest absolute Gasteiger partial charge is 0.511 e. The van der Waals surface area contributed by atoms with Gasteiger partial charge in [0.1, 0.15) is 0 Å². The van der Waals surface area contributed by atoms with Crippen LogP contribution < -0.4 is 10.6 Å². The highest BCUT2D eigenvalue weighted by Crippen LogP contribution is 2.28. The maximum atomic E-state index is 12.6. The lowest BCUT2D eigenvalue weighted by Crippen LogP contribution is -2.51. The fourth-order valence-electron chi connectivity index (χ4n) is 2.67. The molecular formula is C16H24F3IN4O2S. The van der Waals surface area contributed by atoms with E-state index in [4.69, 9.17) is 0 Å². The van der Waals surface area contributed by atoms with Crippen LogP contribution in [0.5, 0.6) is 0 Å². The van der Waals surface area contributed by atoms with Crippen LogP contribution >= 0.6 is 24.0 Å². The monoisotopic (exact) mass is 520 g/mol. The molecular weight excluding hydrogens is 496 g/mol. The summed E-state index contributed by atoms with van der Waals surface area (Å²) in [4.78, 5) is 4.10. The van der Waals surface area contributed by atoms with Crippen LogP contribution in [-0.4, -0.2) is 50.4 Å². The molecule has 0 saturated carbocycles. The van der Waals surface area contributed by atoms with Gasteiger partial charge in [-0.1, -0.05) is 29.8 Å². The number of benzene rings is 1. The lowest BCUT2D eigenvalue weighted by atomic mass is 10.1. The summed E-state index contributed by atoms with van der Waals surface area (Å²) in [5.41, 5.74) is -3.01. The molecule has 1 aromatic carbocycles. The predicted octanol–water partition coefficient (Wildman–Crippen LogP) is 2.59. The lowest BCUT2D eigenvalue weighted by molar-refractivity contribution is -0.0494. The zero-order valence-electron chi connectivity index (χ0n) is 15.1. The van der Waals surface area contributed by atoms with Gasteiger partial charge in [-0.2, -0.15) is 17.5 Å². The van der Waals surface area contributed by atoms with Gasteiger partial charge in [-0.25, -0.2) is 8.42 Å². The number of alkyl halides is 3. The third-order valence-electron chi connectivity index (χ3n) is 4.23. The van der Waals surface area contributed by atoms with Crippen LogP contribution in [0.1, 0.15) is 24.0 Å².